The number of hydrogen-bond donors (Lipinski definition) is 0. The largest absolute Gasteiger partial charge is 0.375 e. The molecule has 1 aliphatic rings. The van der Waals surface area contributed by atoms with Crippen LogP contribution in [-0.4, -0.2) is 35.3 Å². The first-order valence-electron chi connectivity index (χ1n) is 7.04. The van der Waals surface area contributed by atoms with Crippen molar-refractivity contribution in [2.45, 2.75) is 82.7 Å². The van der Waals surface area contributed by atoms with Crippen molar-refractivity contribution in [3.05, 3.63) is 0 Å². The van der Waals surface area contributed by atoms with E-state index in [2.05, 4.69) is 0 Å². The maximum atomic E-state index is 12.9. The van der Waals surface area contributed by atoms with Crippen LogP contribution < -0.4 is 0 Å². The average molecular weight is 396 g/mol. The molecule has 0 radical (unpaired) electrons. The van der Waals surface area contributed by atoms with Gasteiger partial charge in [-0.2, -0.15) is 35.1 Å². The van der Waals surface area contributed by atoms with Crippen LogP contribution in [0.25, 0.3) is 0 Å². The van der Waals surface area contributed by atoms with Gasteiger partial charge in [-0.05, 0) is 13.3 Å². The Kier molecular flexibility index (Phi) is 5.95. The first kappa shape index (κ1) is 24.2. The second kappa shape index (κ2) is 6.14. The molecule has 0 amide bonds. The third-order valence-electron chi connectivity index (χ3n) is 3.91. The molecule has 1 rings (SSSR count). The van der Waals surface area contributed by atoms with Gasteiger partial charge in [0.15, 0.2) is 5.67 Å². The summed E-state index contributed by atoms with van der Waals surface area (Å²) in [6.07, 6.45) is -2.87. The van der Waals surface area contributed by atoms with Crippen LogP contribution in [0.3, 0.4) is 0 Å². The summed E-state index contributed by atoms with van der Waals surface area (Å²) >= 11 is 0. The number of rotatable bonds is 1. The summed E-state index contributed by atoms with van der Waals surface area (Å²) in [4.78, 5) is 0. The van der Waals surface area contributed by atoms with E-state index in [1.165, 1.54) is 0 Å². The molecule has 1 atom stereocenters. The zero-order valence-electron chi connectivity index (χ0n) is 14.1. The molecule has 11 heteroatoms. The molecule has 0 heterocycles. The average Bonchev–Trinajstić information content (AvgIpc) is 2.33. The molecule has 0 aliphatic heterocycles. The molecular formula is C14H19F11. The van der Waals surface area contributed by atoms with Crippen LogP contribution in [0.2, 0.25) is 0 Å². The Morgan fingerprint density at radius 2 is 1.00 bits per heavy atom. The molecule has 1 saturated carbocycles. The monoisotopic (exact) mass is 396 g/mol. The summed E-state index contributed by atoms with van der Waals surface area (Å²) in [5.41, 5.74) is -5.30. The normalized spacial score (nSPS) is 28.8. The zero-order chi connectivity index (χ0) is 20.9. The number of halogens is 11. The van der Waals surface area contributed by atoms with Crippen LogP contribution in [-0.2, 0) is 0 Å². The first-order chi connectivity index (χ1) is 10.5. The van der Waals surface area contributed by atoms with E-state index < -0.39 is 53.5 Å². The van der Waals surface area contributed by atoms with Crippen LogP contribution in [0.5, 0.6) is 0 Å². The van der Waals surface area contributed by atoms with E-state index in [9.17, 15) is 48.3 Å². The molecular weight excluding hydrogens is 377 g/mol. The third-order valence-corrected chi connectivity index (χ3v) is 3.91. The van der Waals surface area contributed by atoms with Crippen LogP contribution in [0.4, 0.5) is 48.3 Å². The van der Waals surface area contributed by atoms with E-state index in [4.69, 9.17) is 0 Å². The lowest BCUT2D eigenvalue weighted by atomic mass is 9.79. The number of alkyl halides is 11. The molecule has 152 valence electrons. The van der Waals surface area contributed by atoms with E-state index in [0.29, 0.717) is 0 Å². The highest BCUT2D eigenvalue weighted by molar-refractivity contribution is 5.10. The SMILES string of the molecule is CC(C)(C)C(F)(F)C(C)(F)F.CC1(F)CCC(F)(F)C(F)(F)C1(F)F. The van der Waals surface area contributed by atoms with Crippen molar-refractivity contribution in [2.75, 3.05) is 0 Å². The lowest BCUT2D eigenvalue weighted by Crippen LogP contribution is -2.66. The summed E-state index contributed by atoms with van der Waals surface area (Å²) in [7, 11) is 0. The van der Waals surface area contributed by atoms with Crippen molar-refractivity contribution in [1.82, 2.24) is 0 Å². The van der Waals surface area contributed by atoms with Crippen LogP contribution in [0.15, 0.2) is 0 Å². The van der Waals surface area contributed by atoms with Gasteiger partial charge in [0.05, 0.1) is 0 Å². The highest BCUT2D eigenvalue weighted by atomic mass is 19.4. The maximum absolute atomic E-state index is 12.9. The fourth-order valence-corrected chi connectivity index (χ4v) is 1.92. The molecule has 0 saturated heterocycles. The van der Waals surface area contributed by atoms with Crippen LogP contribution >= 0.6 is 0 Å². The summed E-state index contributed by atoms with van der Waals surface area (Å²) < 4.78 is 138. The van der Waals surface area contributed by atoms with Crippen LogP contribution in [0.1, 0.15) is 47.5 Å². The van der Waals surface area contributed by atoms with Crippen molar-refractivity contribution in [3.63, 3.8) is 0 Å². The summed E-state index contributed by atoms with van der Waals surface area (Å²) in [6, 6.07) is 0. The van der Waals surface area contributed by atoms with Gasteiger partial charge < -0.3 is 0 Å². The molecule has 25 heavy (non-hydrogen) atoms. The standard InChI is InChI=1S/C7H7F7.C7H12F4/c1-4(8)2-3-5(9,10)7(13,14)6(4,11)12;1-5(2,3)7(10,11)6(4,8)9/h2-3H2,1H3;1-4H3. The van der Waals surface area contributed by atoms with Crippen LogP contribution in [0, 0.1) is 5.41 Å². The fraction of sp³-hybridized carbons (Fsp3) is 1.00. The van der Waals surface area contributed by atoms with Crippen molar-refractivity contribution in [1.29, 1.82) is 0 Å². The van der Waals surface area contributed by atoms with Gasteiger partial charge >= 0.3 is 29.6 Å². The number of hydrogen-bond acceptors (Lipinski definition) is 0. The summed E-state index contributed by atoms with van der Waals surface area (Å²) in [5.74, 6) is -23.8. The lowest BCUT2D eigenvalue weighted by Gasteiger charge is -2.43. The summed E-state index contributed by atoms with van der Waals surface area (Å²) in [6.45, 7) is 3.70. The summed E-state index contributed by atoms with van der Waals surface area (Å²) in [5, 5.41) is 0. The minimum atomic E-state index is -5.64. The topological polar surface area (TPSA) is 0 Å². The Balaban J connectivity index is 0.000000477. The predicted molar refractivity (Wildman–Crippen MR) is 68.6 cm³/mol. The maximum Gasteiger partial charge on any atom is 0.375 e. The van der Waals surface area contributed by atoms with Gasteiger partial charge in [-0.3, -0.25) is 0 Å². The Bertz CT molecular complexity index is 424. The molecule has 0 aromatic rings. The van der Waals surface area contributed by atoms with Gasteiger partial charge in [0, 0.05) is 18.8 Å². The highest BCUT2D eigenvalue weighted by Crippen LogP contribution is 2.58. The molecule has 0 nitrogen and oxygen atoms in total. The molecule has 0 bridgehead atoms. The van der Waals surface area contributed by atoms with Crippen molar-refractivity contribution in [3.8, 4) is 0 Å². The second-order valence-corrected chi connectivity index (χ2v) is 7.26. The lowest BCUT2D eigenvalue weighted by molar-refractivity contribution is -0.365. The van der Waals surface area contributed by atoms with E-state index in [1.807, 2.05) is 0 Å². The third kappa shape index (κ3) is 3.99. The van der Waals surface area contributed by atoms with Gasteiger partial charge in [-0.25, -0.2) is 13.2 Å². The zero-order valence-corrected chi connectivity index (χ0v) is 14.1. The molecule has 0 spiro atoms. The molecule has 0 aromatic heterocycles. The Labute approximate surface area is 137 Å². The van der Waals surface area contributed by atoms with Crippen molar-refractivity contribution in [2.24, 2.45) is 5.41 Å². The minimum absolute atomic E-state index is 0.205. The fourth-order valence-electron chi connectivity index (χ4n) is 1.92. The minimum Gasteiger partial charge on any atom is -0.237 e. The molecule has 1 fully saturated rings. The van der Waals surface area contributed by atoms with E-state index in [-0.39, 0.29) is 13.8 Å². The molecule has 0 aromatic carbocycles. The van der Waals surface area contributed by atoms with Gasteiger partial charge in [-0.1, -0.05) is 20.8 Å². The highest BCUT2D eigenvalue weighted by Gasteiger charge is 2.80. The van der Waals surface area contributed by atoms with Gasteiger partial charge in [0.2, 0.25) is 0 Å². The van der Waals surface area contributed by atoms with Gasteiger partial charge in [0.1, 0.15) is 0 Å². The van der Waals surface area contributed by atoms with Gasteiger partial charge in [-0.15, -0.1) is 0 Å². The quantitative estimate of drug-likeness (QED) is 0.431. The Hall–Kier alpha value is -0.770. The first-order valence-corrected chi connectivity index (χ1v) is 7.04. The Morgan fingerprint density at radius 3 is 1.20 bits per heavy atom. The van der Waals surface area contributed by atoms with E-state index >= 15 is 0 Å². The second-order valence-electron chi connectivity index (χ2n) is 7.26. The van der Waals surface area contributed by atoms with E-state index in [0.717, 1.165) is 20.8 Å². The van der Waals surface area contributed by atoms with Crippen molar-refractivity contribution < 1.29 is 48.3 Å². The predicted octanol–water partition coefficient (Wildman–Crippen LogP) is 6.74. The molecule has 1 aliphatic carbocycles. The van der Waals surface area contributed by atoms with E-state index in [1.54, 1.807) is 0 Å². The van der Waals surface area contributed by atoms with Gasteiger partial charge in [0.25, 0.3) is 0 Å². The smallest absolute Gasteiger partial charge is 0.237 e. The Morgan fingerprint density at radius 1 is 0.640 bits per heavy atom. The van der Waals surface area contributed by atoms with Crippen molar-refractivity contribution >= 4 is 0 Å². The molecule has 0 N–H and O–H groups in total. The molecule has 1 unspecified atom stereocenters.